The van der Waals surface area contributed by atoms with Gasteiger partial charge >= 0.3 is 6.18 Å². The van der Waals surface area contributed by atoms with E-state index in [0.717, 1.165) is 29.0 Å². The van der Waals surface area contributed by atoms with Crippen molar-refractivity contribution in [3.63, 3.8) is 0 Å². The fourth-order valence-electron chi connectivity index (χ4n) is 3.37. The number of halogens is 3. The molecule has 0 amide bonds. The Labute approximate surface area is 188 Å². The largest absolute Gasteiger partial charge is 0.433 e. The van der Waals surface area contributed by atoms with Crippen molar-refractivity contribution in [2.75, 3.05) is 37.0 Å². The van der Waals surface area contributed by atoms with E-state index in [0.29, 0.717) is 37.8 Å². The van der Waals surface area contributed by atoms with Crippen molar-refractivity contribution in [2.24, 2.45) is 0 Å². The van der Waals surface area contributed by atoms with Crippen LogP contribution in [0.4, 0.5) is 30.8 Å². The molecule has 11 heteroatoms. The molecule has 174 valence electrons. The molecule has 1 saturated heterocycles. The maximum atomic E-state index is 12.9. The molecule has 3 aromatic rings. The van der Waals surface area contributed by atoms with Crippen LogP contribution in [-0.4, -0.2) is 53.0 Å². The number of anilines is 3. The molecule has 1 fully saturated rings. The average molecular weight is 460 g/mol. The summed E-state index contributed by atoms with van der Waals surface area (Å²) >= 11 is 0. The third kappa shape index (κ3) is 5.93. The predicted octanol–water partition coefficient (Wildman–Crippen LogP) is 4.20. The van der Waals surface area contributed by atoms with E-state index < -0.39 is 11.9 Å². The van der Waals surface area contributed by atoms with E-state index in [1.165, 1.54) is 0 Å². The smallest absolute Gasteiger partial charge is 0.350 e. The van der Waals surface area contributed by atoms with Crippen molar-refractivity contribution in [1.29, 1.82) is 0 Å². The van der Waals surface area contributed by atoms with Gasteiger partial charge < -0.3 is 19.7 Å². The molecule has 0 aliphatic carbocycles. The molecule has 8 nitrogen and oxygen atoms in total. The number of benzene rings is 1. The van der Waals surface area contributed by atoms with Gasteiger partial charge in [-0.15, -0.1) is 0 Å². The van der Waals surface area contributed by atoms with Crippen LogP contribution in [0.15, 0.2) is 42.9 Å². The van der Waals surface area contributed by atoms with Gasteiger partial charge in [0.1, 0.15) is 5.69 Å². The highest BCUT2D eigenvalue weighted by Gasteiger charge is 2.32. The molecule has 33 heavy (non-hydrogen) atoms. The Morgan fingerprint density at radius 1 is 1.06 bits per heavy atom. The van der Waals surface area contributed by atoms with Crippen molar-refractivity contribution in [2.45, 2.75) is 25.8 Å². The zero-order valence-corrected chi connectivity index (χ0v) is 18.1. The Morgan fingerprint density at radius 2 is 1.79 bits per heavy atom. The lowest BCUT2D eigenvalue weighted by molar-refractivity contribution is -0.141. The second-order valence-corrected chi connectivity index (χ2v) is 7.63. The number of hydrogen-bond acceptors (Lipinski definition) is 8. The summed E-state index contributed by atoms with van der Waals surface area (Å²) in [5, 5.41) is 2.85. The molecule has 1 aromatic carbocycles. The quantitative estimate of drug-likeness (QED) is 0.562. The van der Waals surface area contributed by atoms with Crippen LogP contribution in [0, 0.1) is 6.92 Å². The molecule has 0 bridgehead atoms. The highest BCUT2D eigenvalue weighted by Crippen LogP contribution is 2.29. The van der Waals surface area contributed by atoms with Crippen LogP contribution < -0.4 is 10.2 Å². The fourth-order valence-corrected chi connectivity index (χ4v) is 3.37. The third-order valence-corrected chi connectivity index (χ3v) is 4.98. The number of aryl methyl sites for hydroxylation is 1. The molecule has 0 spiro atoms. The summed E-state index contributed by atoms with van der Waals surface area (Å²) in [4.78, 5) is 18.3. The Morgan fingerprint density at radius 3 is 2.48 bits per heavy atom. The van der Waals surface area contributed by atoms with Crippen LogP contribution >= 0.6 is 0 Å². The summed E-state index contributed by atoms with van der Waals surface area (Å²) in [5.41, 5.74) is 2.03. The first kappa shape index (κ1) is 22.9. The van der Waals surface area contributed by atoms with Gasteiger partial charge in [0.05, 0.1) is 13.2 Å². The van der Waals surface area contributed by atoms with Crippen molar-refractivity contribution in [3.05, 3.63) is 54.1 Å². The minimum atomic E-state index is -4.54. The lowest BCUT2D eigenvalue weighted by Gasteiger charge is -2.18. The lowest BCUT2D eigenvalue weighted by Crippen LogP contribution is -2.25. The van der Waals surface area contributed by atoms with E-state index in [1.807, 2.05) is 24.9 Å². The second kappa shape index (κ2) is 9.67. The highest BCUT2D eigenvalue weighted by atomic mass is 19.4. The van der Waals surface area contributed by atoms with E-state index >= 15 is 0 Å². The van der Waals surface area contributed by atoms with Crippen LogP contribution in [0.1, 0.15) is 17.7 Å². The van der Waals surface area contributed by atoms with Gasteiger partial charge in [-0.1, -0.05) is 6.07 Å². The van der Waals surface area contributed by atoms with E-state index in [9.17, 15) is 13.2 Å². The minimum absolute atomic E-state index is 0.134. The van der Waals surface area contributed by atoms with Crippen LogP contribution in [0.25, 0.3) is 11.1 Å². The Bertz CT molecular complexity index is 1090. The number of rotatable bonds is 7. The van der Waals surface area contributed by atoms with Crippen molar-refractivity contribution >= 4 is 17.6 Å². The molecule has 0 atom stereocenters. The number of ether oxygens (including phenoxy) is 2. The number of hydrogen-bond donors (Lipinski definition) is 1. The van der Waals surface area contributed by atoms with Gasteiger partial charge in [-0.3, -0.25) is 0 Å². The van der Waals surface area contributed by atoms with Gasteiger partial charge in [0, 0.05) is 49.9 Å². The van der Waals surface area contributed by atoms with E-state index in [4.69, 9.17) is 9.47 Å². The normalized spacial score (nSPS) is 14.5. The Hall–Kier alpha value is -3.31. The van der Waals surface area contributed by atoms with Crippen LogP contribution in [0.3, 0.4) is 0 Å². The van der Waals surface area contributed by atoms with Gasteiger partial charge in [-0.05, 0) is 36.2 Å². The first-order valence-electron chi connectivity index (χ1n) is 10.3. The number of alkyl halides is 3. The maximum Gasteiger partial charge on any atom is 0.433 e. The summed E-state index contributed by atoms with van der Waals surface area (Å²) in [5.74, 6) is 0.435. The van der Waals surface area contributed by atoms with Crippen molar-refractivity contribution in [1.82, 2.24) is 19.9 Å². The molecule has 0 unspecified atom stereocenters. The molecule has 4 rings (SSSR count). The average Bonchev–Trinajstić information content (AvgIpc) is 3.30. The summed E-state index contributed by atoms with van der Waals surface area (Å²) in [6, 6.07) is 6.35. The summed E-state index contributed by atoms with van der Waals surface area (Å²) in [7, 11) is 1.90. The van der Waals surface area contributed by atoms with E-state index in [1.54, 1.807) is 24.5 Å². The van der Waals surface area contributed by atoms with Crippen molar-refractivity contribution < 1.29 is 22.6 Å². The predicted molar refractivity (Wildman–Crippen MR) is 116 cm³/mol. The third-order valence-electron chi connectivity index (χ3n) is 4.98. The summed E-state index contributed by atoms with van der Waals surface area (Å²) in [6.07, 6.45) is 0.475. The molecule has 1 N–H and O–H groups in total. The Kier molecular flexibility index (Phi) is 6.70. The van der Waals surface area contributed by atoms with Gasteiger partial charge in [0.15, 0.2) is 6.29 Å². The molecule has 0 saturated carbocycles. The van der Waals surface area contributed by atoms with E-state index in [-0.39, 0.29) is 12.2 Å². The van der Waals surface area contributed by atoms with Gasteiger partial charge in [-0.2, -0.15) is 13.2 Å². The SMILES string of the molecule is Cc1cc(Nc2nccc(C(F)(F)F)n2)cc(-c2cnc(N(C)CCC3OCCO3)nc2)c1. The Balaban J connectivity index is 1.47. The standard InChI is InChI=1S/C22H23F3N6O2/c1-14-9-15(11-17(10-14)29-20-26-5-3-18(30-20)22(23,24)25)16-12-27-21(28-13-16)31(2)6-4-19-32-7-8-33-19/h3,5,9-13,19H,4,6-8H2,1-2H3,(H,26,29,30). The molecule has 3 heterocycles. The number of nitrogens with zero attached hydrogens (tertiary/aromatic N) is 5. The topological polar surface area (TPSA) is 85.3 Å². The van der Waals surface area contributed by atoms with Gasteiger partial charge in [-0.25, -0.2) is 19.9 Å². The van der Waals surface area contributed by atoms with Crippen LogP contribution in [-0.2, 0) is 15.7 Å². The second-order valence-electron chi connectivity index (χ2n) is 7.63. The highest BCUT2D eigenvalue weighted by molar-refractivity contribution is 5.70. The fraction of sp³-hybridized carbons (Fsp3) is 0.364. The van der Waals surface area contributed by atoms with E-state index in [2.05, 4.69) is 25.3 Å². The molecule has 1 aliphatic heterocycles. The molecular weight excluding hydrogens is 437 g/mol. The maximum absolute atomic E-state index is 12.9. The van der Waals surface area contributed by atoms with Gasteiger partial charge in [0.25, 0.3) is 0 Å². The molecular formula is C22H23F3N6O2. The number of nitrogens with one attached hydrogen (secondary N) is 1. The van der Waals surface area contributed by atoms with Crippen molar-refractivity contribution in [3.8, 4) is 11.1 Å². The monoisotopic (exact) mass is 460 g/mol. The first-order chi connectivity index (χ1) is 15.8. The zero-order chi connectivity index (χ0) is 23.4. The first-order valence-corrected chi connectivity index (χ1v) is 10.3. The number of aromatic nitrogens is 4. The van der Waals surface area contributed by atoms with Crippen LogP contribution in [0.5, 0.6) is 0 Å². The van der Waals surface area contributed by atoms with Gasteiger partial charge in [0.2, 0.25) is 11.9 Å². The van der Waals surface area contributed by atoms with Crippen LogP contribution in [0.2, 0.25) is 0 Å². The molecule has 2 aromatic heterocycles. The minimum Gasteiger partial charge on any atom is -0.350 e. The summed E-state index contributed by atoms with van der Waals surface area (Å²) < 4.78 is 49.7. The molecule has 1 aliphatic rings. The summed E-state index contributed by atoms with van der Waals surface area (Å²) in [6.45, 7) is 3.80. The molecule has 0 radical (unpaired) electrons. The lowest BCUT2D eigenvalue weighted by atomic mass is 10.1. The zero-order valence-electron chi connectivity index (χ0n) is 18.1.